The molecule has 0 amide bonds. The normalized spacial score (nSPS) is 11.6. The van der Waals surface area contributed by atoms with Crippen molar-refractivity contribution in [3.63, 3.8) is 0 Å². The van der Waals surface area contributed by atoms with E-state index in [9.17, 15) is 66.8 Å². The Morgan fingerprint density at radius 3 is 1.13 bits per heavy atom. The third kappa shape index (κ3) is 10.1. The lowest BCUT2D eigenvalue weighted by molar-refractivity contribution is -0.393. The van der Waals surface area contributed by atoms with Gasteiger partial charge in [-0.2, -0.15) is 26.3 Å². The van der Waals surface area contributed by atoms with Crippen molar-refractivity contribution in [3.05, 3.63) is 75.8 Å². The number of alkyl halides is 6. The lowest BCUT2D eigenvalue weighted by atomic mass is 10.1. The van der Waals surface area contributed by atoms with Gasteiger partial charge in [-0.15, -0.1) is 0 Å². The fourth-order valence-electron chi connectivity index (χ4n) is 4.27. The molecule has 0 aliphatic heterocycles. The molecule has 250 valence electrons. The van der Waals surface area contributed by atoms with Crippen molar-refractivity contribution in [2.75, 3.05) is 36.5 Å². The number of benzene rings is 2. The minimum Gasteiger partial charge on any atom is -0.363 e. The Labute approximate surface area is 251 Å². The summed E-state index contributed by atoms with van der Waals surface area (Å²) < 4.78 is 76.8. The Bertz CT molecular complexity index is 1360. The van der Waals surface area contributed by atoms with Gasteiger partial charge in [-0.1, -0.05) is 27.7 Å². The fourth-order valence-corrected chi connectivity index (χ4v) is 4.27. The highest BCUT2D eigenvalue weighted by Crippen LogP contribution is 2.44. The van der Waals surface area contributed by atoms with Crippen LogP contribution in [0.3, 0.4) is 0 Å². The van der Waals surface area contributed by atoms with E-state index in [4.69, 9.17) is 0 Å². The van der Waals surface area contributed by atoms with Crippen LogP contribution in [-0.4, -0.2) is 46.4 Å². The summed E-state index contributed by atoms with van der Waals surface area (Å²) in [6.45, 7) is 9.40. The summed E-state index contributed by atoms with van der Waals surface area (Å²) >= 11 is 0. The van der Waals surface area contributed by atoms with Gasteiger partial charge in [-0.25, -0.2) is 0 Å². The molecule has 2 aromatic rings. The van der Waals surface area contributed by atoms with E-state index in [1.807, 2.05) is 0 Å². The Balaban J connectivity index is 0.000000450. The highest BCUT2D eigenvalue weighted by molar-refractivity contribution is 5.77. The summed E-state index contributed by atoms with van der Waals surface area (Å²) in [7, 11) is 1.36. The highest BCUT2D eigenvalue weighted by Gasteiger charge is 2.40. The largest absolute Gasteiger partial charge is 0.416 e. The van der Waals surface area contributed by atoms with E-state index >= 15 is 0 Å². The molecule has 0 heterocycles. The number of rotatable bonds is 11. The number of hydrogen-bond acceptors (Lipinski definition) is 10. The zero-order valence-electron chi connectivity index (χ0n) is 24.8. The number of nitro groups is 4. The Kier molecular flexibility index (Phi) is 12.6. The summed E-state index contributed by atoms with van der Waals surface area (Å²) in [6, 6.07) is 1.31. The van der Waals surface area contributed by atoms with E-state index in [-0.39, 0.29) is 31.5 Å². The lowest BCUT2D eigenvalue weighted by Gasteiger charge is -2.25. The van der Waals surface area contributed by atoms with Crippen molar-refractivity contribution in [2.24, 2.45) is 11.8 Å². The molecule has 0 bridgehead atoms. The van der Waals surface area contributed by atoms with E-state index in [0.717, 1.165) is 0 Å². The molecular weight excluding hydrogens is 626 g/mol. The number of nitrogens with zero attached hydrogens (tertiary/aromatic N) is 6. The molecule has 0 N–H and O–H groups in total. The predicted molar refractivity (Wildman–Crippen MR) is 150 cm³/mol. The molecule has 0 aliphatic rings. The van der Waals surface area contributed by atoms with E-state index in [2.05, 4.69) is 0 Å². The van der Waals surface area contributed by atoms with Crippen molar-refractivity contribution in [2.45, 2.75) is 47.0 Å². The third-order valence-electron chi connectivity index (χ3n) is 5.89. The standard InChI is InChI=1S/C13H16F3N3O4.C12H14F3N3O4/c1-4-17(7-8(2)3)12-10(18(20)21)5-9(13(14,15)16)6-11(12)19(22)23;1-7(2)6-16(3)11-9(17(19)20)4-8(12(13,14)15)5-10(11)18(21)22/h5-6,8H,4,7H2,1-3H3;4-5,7H,6H2,1-3H3. The molecule has 0 aromatic heterocycles. The van der Waals surface area contributed by atoms with E-state index in [1.165, 1.54) is 16.8 Å². The van der Waals surface area contributed by atoms with Gasteiger partial charge in [0.2, 0.25) is 0 Å². The van der Waals surface area contributed by atoms with E-state index in [0.29, 0.717) is 24.3 Å². The van der Waals surface area contributed by atoms with Crippen LogP contribution in [-0.2, 0) is 12.4 Å². The molecule has 0 atom stereocenters. The number of anilines is 2. The number of hydrogen-bond donors (Lipinski definition) is 0. The average molecular weight is 657 g/mol. The summed E-state index contributed by atoms with van der Waals surface area (Å²) in [5.41, 5.74) is -7.40. The SMILES string of the molecule is CC(C)CN(C)c1c([N+](=O)[O-])cc(C(F)(F)F)cc1[N+](=O)[O-].CCN(CC(C)C)c1c([N+](=O)[O-])cc(C(F)(F)F)cc1[N+](=O)[O-]. The third-order valence-corrected chi connectivity index (χ3v) is 5.89. The molecule has 0 radical (unpaired) electrons. The average Bonchev–Trinajstić information content (AvgIpc) is 2.88. The first-order chi connectivity index (χ1) is 20.4. The number of halogens is 6. The molecule has 0 saturated carbocycles. The van der Waals surface area contributed by atoms with Gasteiger partial charge >= 0.3 is 12.4 Å². The van der Waals surface area contributed by atoms with Crippen LogP contribution in [0.5, 0.6) is 0 Å². The predicted octanol–water partition coefficient (Wildman–Crippen LogP) is 7.62. The second-order valence-electron chi connectivity index (χ2n) is 10.5. The number of nitro benzene ring substituents is 4. The topological polar surface area (TPSA) is 179 Å². The van der Waals surface area contributed by atoms with Gasteiger partial charge in [-0.05, 0) is 18.8 Å². The van der Waals surface area contributed by atoms with Gasteiger partial charge in [0.05, 0.1) is 30.8 Å². The maximum Gasteiger partial charge on any atom is 0.416 e. The van der Waals surface area contributed by atoms with Crippen molar-refractivity contribution >= 4 is 34.1 Å². The molecule has 0 spiro atoms. The second kappa shape index (κ2) is 14.8. The molecular formula is C25H30F6N6O8. The Hall–Kier alpha value is -4.78. The van der Waals surface area contributed by atoms with Gasteiger partial charge in [0.1, 0.15) is 0 Å². The molecule has 0 saturated heterocycles. The van der Waals surface area contributed by atoms with Crippen molar-refractivity contribution in [1.82, 2.24) is 0 Å². The first kappa shape index (κ1) is 38.2. The van der Waals surface area contributed by atoms with E-state index < -0.39 is 77.3 Å². The van der Waals surface area contributed by atoms with Gasteiger partial charge in [0.25, 0.3) is 22.7 Å². The Morgan fingerprint density at radius 2 is 0.911 bits per heavy atom. The monoisotopic (exact) mass is 656 g/mol. The van der Waals surface area contributed by atoms with E-state index in [1.54, 1.807) is 34.6 Å². The lowest BCUT2D eigenvalue weighted by Crippen LogP contribution is -2.29. The summed E-state index contributed by atoms with van der Waals surface area (Å²) in [5, 5.41) is 44.5. The zero-order valence-corrected chi connectivity index (χ0v) is 24.8. The van der Waals surface area contributed by atoms with Crippen LogP contribution in [0.15, 0.2) is 24.3 Å². The van der Waals surface area contributed by atoms with Crippen LogP contribution >= 0.6 is 0 Å². The van der Waals surface area contributed by atoms with Crippen molar-refractivity contribution in [1.29, 1.82) is 0 Å². The van der Waals surface area contributed by atoms with Crippen LogP contribution < -0.4 is 9.80 Å². The maximum absolute atomic E-state index is 12.8. The fraction of sp³-hybridized carbons (Fsp3) is 0.520. The highest BCUT2D eigenvalue weighted by atomic mass is 19.4. The molecule has 0 unspecified atom stereocenters. The molecule has 45 heavy (non-hydrogen) atoms. The van der Waals surface area contributed by atoms with Crippen LogP contribution in [0, 0.1) is 52.3 Å². The molecule has 2 aromatic carbocycles. The summed E-state index contributed by atoms with van der Waals surface area (Å²) in [5.74, 6) is 0.0166. The molecule has 20 heteroatoms. The molecule has 0 aliphatic carbocycles. The van der Waals surface area contributed by atoms with Gasteiger partial charge < -0.3 is 9.80 Å². The van der Waals surface area contributed by atoms with Crippen LogP contribution in [0.1, 0.15) is 45.7 Å². The van der Waals surface area contributed by atoms with Crippen LogP contribution in [0.2, 0.25) is 0 Å². The smallest absolute Gasteiger partial charge is 0.363 e. The Morgan fingerprint density at radius 1 is 0.622 bits per heavy atom. The maximum atomic E-state index is 12.8. The molecule has 0 fully saturated rings. The van der Waals surface area contributed by atoms with Crippen molar-refractivity contribution < 1.29 is 46.0 Å². The first-order valence-electron chi connectivity index (χ1n) is 13.0. The second-order valence-corrected chi connectivity index (χ2v) is 10.5. The van der Waals surface area contributed by atoms with Crippen molar-refractivity contribution in [3.8, 4) is 0 Å². The minimum absolute atomic E-state index is 0.00602. The summed E-state index contributed by atoms with van der Waals surface area (Å²) in [4.78, 5) is 42.9. The van der Waals surface area contributed by atoms with Gasteiger partial charge in [-0.3, -0.25) is 40.5 Å². The first-order valence-corrected chi connectivity index (χ1v) is 13.0. The summed E-state index contributed by atoms with van der Waals surface area (Å²) in [6.07, 6.45) is -9.83. The van der Waals surface area contributed by atoms with Crippen LogP contribution in [0.4, 0.5) is 60.5 Å². The van der Waals surface area contributed by atoms with Gasteiger partial charge in [0, 0.05) is 50.9 Å². The minimum atomic E-state index is -4.91. The molecule has 2 rings (SSSR count). The van der Waals surface area contributed by atoms with Crippen LogP contribution in [0.25, 0.3) is 0 Å². The van der Waals surface area contributed by atoms with Gasteiger partial charge in [0.15, 0.2) is 11.4 Å². The zero-order chi connectivity index (χ0) is 35.2. The molecule has 14 nitrogen and oxygen atoms in total. The quantitative estimate of drug-likeness (QED) is 0.133.